The fourth-order valence-corrected chi connectivity index (χ4v) is 4.29. The lowest BCUT2D eigenvalue weighted by molar-refractivity contribution is 0.581. The predicted octanol–water partition coefficient (Wildman–Crippen LogP) is 6.82. The minimum Gasteiger partial charge on any atom is -0.373 e. The number of benzene rings is 2. The molecule has 0 fully saturated rings. The van der Waals surface area contributed by atoms with Crippen LogP contribution >= 0.6 is 0 Å². The van der Waals surface area contributed by atoms with Gasteiger partial charge >= 0.3 is 0 Å². The molecule has 0 aliphatic rings. The highest BCUT2D eigenvalue weighted by Crippen LogP contribution is 2.36. The number of halogens is 4. The highest BCUT2D eigenvalue weighted by molar-refractivity contribution is 5.69. The molecule has 0 aliphatic carbocycles. The van der Waals surface area contributed by atoms with E-state index >= 15 is 8.78 Å². The fraction of sp³-hybridized carbons (Fsp3) is 0.241. The van der Waals surface area contributed by atoms with Crippen LogP contribution < -0.4 is 9.80 Å². The molecule has 0 spiro atoms. The summed E-state index contributed by atoms with van der Waals surface area (Å²) in [5, 5.41) is 0. The Balaban J connectivity index is 1.78. The lowest BCUT2D eigenvalue weighted by Gasteiger charge is -2.25. The minimum atomic E-state index is -0.756. The first-order valence-corrected chi connectivity index (χ1v) is 11.7. The van der Waals surface area contributed by atoms with Gasteiger partial charge in [0.25, 0.3) is 0 Å². The van der Waals surface area contributed by atoms with Gasteiger partial charge in [-0.1, -0.05) is 12.1 Å². The second-order valence-corrected chi connectivity index (χ2v) is 9.75. The van der Waals surface area contributed by atoms with Crippen molar-refractivity contribution in [1.82, 2.24) is 9.97 Å². The number of rotatable bonds is 6. The molecule has 0 atom stereocenters. The average Bonchev–Trinajstić information content (AvgIpc) is 2.84. The van der Waals surface area contributed by atoms with E-state index in [0.717, 1.165) is 0 Å². The van der Waals surface area contributed by atoms with Crippen LogP contribution in [0.4, 0.5) is 28.9 Å². The Hall–Kier alpha value is -3.94. The highest BCUT2D eigenvalue weighted by Gasteiger charge is 2.28. The molecule has 4 aromatic rings. The molecule has 192 valence electrons. The van der Waals surface area contributed by atoms with Crippen molar-refractivity contribution in [2.45, 2.75) is 19.3 Å². The van der Waals surface area contributed by atoms with Crippen molar-refractivity contribution in [2.75, 3.05) is 38.0 Å². The number of pyridine rings is 2. The second-order valence-electron chi connectivity index (χ2n) is 9.75. The minimum absolute atomic E-state index is 0.142. The summed E-state index contributed by atoms with van der Waals surface area (Å²) < 4.78 is 58.9. The molecular weight excluding hydrogens is 480 g/mol. The van der Waals surface area contributed by atoms with Crippen LogP contribution in [0.25, 0.3) is 22.5 Å². The van der Waals surface area contributed by atoms with Gasteiger partial charge in [-0.3, -0.25) is 9.97 Å². The van der Waals surface area contributed by atoms with Crippen molar-refractivity contribution < 1.29 is 17.6 Å². The second kappa shape index (κ2) is 9.84. The summed E-state index contributed by atoms with van der Waals surface area (Å²) in [6.07, 6.45) is 0. The van der Waals surface area contributed by atoms with Gasteiger partial charge in [-0.15, -0.1) is 0 Å². The van der Waals surface area contributed by atoms with Gasteiger partial charge in [-0.05, 0) is 62.4 Å². The van der Waals surface area contributed by atoms with E-state index in [0.29, 0.717) is 22.8 Å². The van der Waals surface area contributed by atoms with E-state index < -0.39 is 28.7 Å². The SMILES string of the molecule is CN(C)c1c(F)ccc(-c2cccc(C(C)(C)c3cccc(-c4ccc(F)c(N(C)C)c4F)n3)n2)c1F. The third-order valence-electron chi connectivity index (χ3n) is 6.36. The zero-order valence-corrected chi connectivity index (χ0v) is 21.6. The van der Waals surface area contributed by atoms with E-state index in [-0.39, 0.29) is 22.5 Å². The fourth-order valence-electron chi connectivity index (χ4n) is 4.29. The Morgan fingerprint density at radius 3 is 1.30 bits per heavy atom. The molecule has 0 aliphatic heterocycles. The summed E-state index contributed by atoms with van der Waals surface area (Å²) in [5.74, 6) is -2.71. The van der Waals surface area contributed by atoms with Crippen LogP contribution in [0.2, 0.25) is 0 Å². The maximum absolute atomic E-state index is 15.2. The Kier molecular flexibility index (Phi) is 6.95. The summed E-state index contributed by atoms with van der Waals surface area (Å²) in [4.78, 5) is 12.2. The van der Waals surface area contributed by atoms with Gasteiger partial charge in [0.1, 0.15) is 23.0 Å². The summed E-state index contributed by atoms with van der Waals surface area (Å²) >= 11 is 0. The maximum atomic E-state index is 15.2. The standard InChI is InChI=1S/C29H28F4N4/c1-29(2,23-11-7-9-21(34-23)17-13-15-19(30)27(25(17)32)36(3)4)24-12-8-10-22(35-24)18-14-16-20(31)28(26(18)33)37(5)6/h7-16H,1-6H3. The van der Waals surface area contributed by atoms with Crippen LogP contribution in [0, 0.1) is 23.3 Å². The summed E-state index contributed by atoms with van der Waals surface area (Å²) in [5.41, 5.74) is 1.20. The van der Waals surface area contributed by atoms with E-state index in [9.17, 15) is 8.78 Å². The largest absolute Gasteiger partial charge is 0.373 e. The van der Waals surface area contributed by atoms with Gasteiger partial charge < -0.3 is 9.80 Å². The first kappa shape index (κ1) is 26.1. The zero-order chi connectivity index (χ0) is 27.1. The van der Waals surface area contributed by atoms with Gasteiger partial charge in [0, 0.05) is 44.7 Å². The molecule has 2 aromatic carbocycles. The van der Waals surface area contributed by atoms with E-state index in [1.165, 1.54) is 34.1 Å². The Bertz CT molecular complexity index is 1360. The van der Waals surface area contributed by atoms with E-state index in [1.807, 2.05) is 13.8 Å². The summed E-state index contributed by atoms with van der Waals surface area (Å²) in [6, 6.07) is 15.6. The van der Waals surface area contributed by atoms with Crippen LogP contribution in [-0.4, -0.2) is 38.2 Å². The van der Waals surface area contributed by atoms with Crippen molar-refractivity contribution in [3.8, 4) is 22.5 Å². The van der Waals surface area contributed by atoms with Crippen molar-refractivity contribution >= 4 is 11.4 Å². The highest BCUT2D eigenvalue weighted by atomic mass is 19.1. The first-order valence-electron chi connectivity index (χ1n) is 11.7. The first-order chi connectivity index (χ1) is 17.4. The summed E-state index contributed by atoms with van der Waals surface area (Å²) in [7, 11) is 6.29. The zero-order valence-electron chi connectivity index (χ0n) is 21.6. The third kappa shape index (κ3) is 4.75. The molecule has 0 bridgehead atoms. The number of aromatic nitrogens is 2. The Morgan fingerprint density at radius 2 is 0.946 bits per heavy atom. The molecule has 37 heavy (non-hydrogen) atoms. The maximum Gasteiger partial charge on any atom is 0.158 e. The lowest BCUT2D eigenvalue weighted by atomic mass is 9.84. The molecule has 0 amide bonds. The van der Waals surface area contributed by atoms with Gasteiger partial charge in [0.05, 0.1) is 22.8 Å². The van der Waals surface area contributed by atoms with Crippen LogP contribution in [0.1, 0.15) is 25.2 Å². The van der Waals surface area contributed by atoms with Crippen molar-refractivity contribution in [3.05, 3.63) is 95.3 Å². The molecule has 4 nitrogen and oxygen atoms in total. The predicted molar refractivity (Wildman–Crippen MR) is 140 cm³/mol. The van der Waals surface area contributed by atoms with Crippen LogP contribution in [0.15, 0.2) is 60.7 Å². The topological polar surface area (TPSA) is 32.3 Å². The summed E-state index contributed by atoms with van der Waals surface area (Å²) in [6.45, 7) is 3.81. The Labute approximate surface area is 214 Å². The molecule has 0 N–H and O–H groups in total. The van der Waals surface area contributed by atoms with E-state index in [4.69, 9.17) is 9.97 Å². The number of nitrogens with zero attached hydrogens (tertiary/aromatic N) is 4. The van der Waals surface area contributed by atoms with E-state index in [1.54, 1.807) is 64.6 Å². The van der Waals surface area contributed by atoms with Gasteiger partial charge in [0.2, 0.25) is 0 Å². The van der Waals surface area contributed by atoms with Crippen molar-refractivity contribution in [2.24, 2.45) is 0 Å². The molecule has 2 heterocycles. The lowest BCUT2D eigenvalue weighted by Crippen LogP contribution is -2.22. The quantitative estimate of drug-likeness (QED) is 0.268. The van der Waals surface area contributed by atoms with Gasteiger partial charge in [0.15, 0.2) is 11.6 Å². The molecule has 2 aromatic heterocycles. The van der Waals surface area contributed by atoms with Gasteiger partial charge in [-0.25, -0.2) is 17.6 Å². The molecule has 0 unspecified atom stereocenters. The smallest absolute Gasteiger partial charge is 0.158 e. The molecule has 0 saturated heterocycles. The number of hydrogen-bond donors (Lipinski definition) is 0. The molecule has 0 saturated carbocycles. The van der Waals surface area contributed by atoms with E-state index in [2.05, 4.69) is 0 Å². The van der Waals surface area contributed by atoms with Gasteiger partial charge in [-0.2, -0.15) is 0 Å². The van der Waals surface area contributed by atoms with Crippen molar-refractivity contribution in [1.29, 1.82) is 0 Å². The third-order valence-corrected chi connectivity index (χ3v) is 6.36. The van der Waals surface area contributed by atoms with Crippen molar-refractivity contribution in [3.63, 3.8) is 0 Å². The van der Waals surface area contributed by atoms with Crippen LogP contribution in [0.5, 0.6) is 0 Å². The number of anilines is 2. The monoisotopic (exact) mass is 508 g/mol. The molecule has 4 rings (SSSR count). The normalized spacial score (nSPS) is 11.5. The van der Waals surface area contributed by atoms with Crippen LogP contribution in [-0.2, 0) is 5.41 Å². The Morgan fingerprint density at radius 1 is 0.568 bits per heavy atom. The van der Waals surface area contributed by atoms with Crippen LogP contribution in [0.3, 0.4) is 0 Å². The molecular formula is C29H28F4N4. The number of hydrogen-bond acceptors (Lipinski definition) is 4. The molecule has 8 heteroatoms. The molecule has 0 radical (unpaired) electrons. The average molecular weight is 509 g/mol.